The summed E-state index contributed by atoms with van der Waals surface area (Å²) < 4.78 is 0. The van der Waals surface area contributed by atoms with E-state index in [0.29, 0.717) is 5.92 Å². The van der Waals surface area contributed by atoms with E-state index < -0.39 is 0 Å². The van der Waals surface area contributed by atoms with Gasteiger partial charge in [-0.1, -0.05) is 13.8 Å². The molecule has 1 heterocycles. The van der Waals surface area contributed by atoms with Crippen LogP contribution in [0.25, 0.3) is 0 Å². The summed E-state index contributed by atoms with van der Waals surface area (Å²) in [5.74, 6) is 0.947. The molecular weight excluding hydrogens is 214 g/mol. The number of amides is 1. The number of likely N-dealkylation sites (tertiary alicyclic amines) is 1. The highest BCUT2D eigenvalue weighted by molar-refractivity contribution is 5.82. The minimum atomic E-state index is -0.340. The first-order chi connectivity index (χ1) is 7.91. The van der Waals surface area contributed by atoms with Gasteiger partial charge in [0.1, 0.15) is 0 Å². The van der Waals surface area contributed by atoms with Crippen molar-refractivity contribution >= 4 is 5.91 Å². The molecule has 4 nitrogen and oxygen atoms in total. The maximum absolute atomic E-state index is 12.2. The predicted octanol–water partition coefficient (Wildman–Crippen LogP) is 0.770. The molecule has 2 unspecified atom stereocenters. The normalized spacial score (nSPS) is 23.2. The number of piperidine rings is 1. The Morgan fingerprint density at radius 2 is 2.12 bits per heavy atom. The van der Waals surface area contributed by atoms with Gasteiger partial charge in [-0.2, -0.15) is 0 Å². The maximum Gasteiger partial charge on any atom is 0.239 e. The van der Waals surface area contributed by atoms with Crippen molar-refractivity contribution in [3.8, 4) is 0 Å². The predicted molar refractivity (Wildman–Crippen MR) is 70.7 cm³/mol. The minimum absolute atomic E-state index is 0.128. The fraction of sp³-hybridized carbons (Fsp3) is 0.923. The van der Waals surface area contributed by atoms with Gasteiger partial charge in [0.05, 0.1) is 6.04 Å². The Bertz CT molecular complexity index is 253. The van der Waals surface area contributed by atoms with Crippen LogP contribution in [0.1, 0.15) is 26.7 Å². The van der Waals surface area contributed by atoms with Crippen LogP contribution in [-0.2, 0) is 4.79 Å². The fourth-order valence-corrected chi connectivity index (χ4v) is 2.43. The van der Waals surface area contributed by atoms with Gasteiger partial charge in [0.15, 0.2) is 0 Å². The molecule has 4 heteroatoms. The maximum atomic E-state index is 12.2. The molecule has 17 heavy (non-hydrogen) atoms. The van der Waals surface area contributed by atoms with Gasteiger partial charge in [0.25, 0.3) is 0 Å². The number of hydrogen-bond acceptors (Lipinski definition) is 3. The molecule has 1 aliphatic heterocycles. The van der Waals surface area contributed by atoms with E-state index in [2.05, 4.69) is 19.0 Å². The third kappa shape index (κ3) is 4.28. The minimum Gasteiger partial charge on any atom is -0.341 e. The highest BCUT2D eigenvalue weighted by atomic mass is 16.2. The van der Waals surface area contributed by atoms with Gasteiger partial charge in [-0.05, 0) is 38.8 Å². The van der Waals surface area contributed by atoms with Crippen LogP contribution in [0.15, 0.2) is 0 Å². The van der Waals surface area contributed by atoms with E-state index in [-0.39, 0.29) is 17.9 Å². The first kappa shape index (κ1) is 14.5. The van der Waals surface area contributed by atoms with E-state index in [1.807, 2.05) is 18.7 Å². The van der Waals surface area contributed by atoms with Crippen molar-refractivity contribution < 1.29 is 4.79 Å². The van der Waals surface area contributed by atoms with Gasteiger partial charge in [-0.25, -0.2) is 0 Å². The van der Waals surface area contributed by atoms with Crippen molar-refractivity contribution in [2.45, 2.75) is 32.7 Å². The van der Waals surface area contributed by atoms with Crippen LogP contribution < -0.4 is 5.73 Å². The standard InChI is InChI=1S/C13H27N3O/c1-10(2)12(14)13(17)16-7-5-6-11(9-16)8-15(3)4/h10-12H,5-9,14H2,1-4H3. The Labute approximate surface area is 105 Å². The van der Waals surface area contributed by atoms with Crippen molar-refractivity contribution in [2.24, 2.45) is 17.6 Å². The van der Waals surface area contributed by atoms with Crippen LogP contribution in [0.4, 0.5) is 0 Å². The third-order valence-electron chi connectivity index (χ3n) is 3.46. The second-order valence-electron chi connectivity index (χ2n) is 5.82. The molecule has 0 bridgehead atoms. The summed E-state index contributed by atoms with van der Waals surface area (Å²) in [7, 11) is 4.17. The highest BCUT2D eigenvalue weighted by Gasteiger charge is 2.28. The molecular formula is C13H27N3O. The monoisotopic (exact) mass is 241 g/mol. The van der Waals surface area contributed by atoms with Gasteiger partial charge < -0.3 is 15.5 Å². The van der Waals surface area contributed by atoms with E-state index in [9.17, 15) is 4.79 Å². The lowest BCUT2D eigenvalue weighted by atomic mass is 9.95. The Morgan fingerprint density at radius 3 is 2.65 bits per heavy atom. The SMILES string of the molecule is CC(C)C(N)C(=O)N1CCCC(CN(C)C)C1. The lowest BCUT2D eigenvalue weighted by Gasteiger charge is -2.36. The molecule has 1 fully saturated rings. The number of nitrogens with zero attached hydrogens (tertiary/aromatic N) is 2. The molecule has 1 amide bonds. The third-order valence-corrected chi connectivity index (χ3v) is 3.46. The summed E-state index contributed by atoms with van der Waals surface area (Å²) in [4.78, 5) is 16.3. The molecule has 1 rings (SSSR count). The Morgan fingerprint density at radius 1 is 1.47 bits per heavy atom. The fourth-order valence-electron chi connectivity index (χ4n) is 2.43. The molecule has 0 aromatic heterocycles. The zero-order valence-corrected chi connectivity index (χ0v) is 11.6. The van der Waals surface area contributed by atoms with Crippen LogP contribution in [0.2, 0.25) is 0 Å². The molecule has 0 radical (unpaired) electrons. The van der Waals surface area contributed by atoms with Crippen molar-refractivity contribution in [1.82, 2.24) is 9.80 Å². The number of carbonyl (C=O) groups is 1. The number of carbonyl (C=O) groups excluding carboxylic acids is 1. The lowest BCUT2D eigenvalue weighted by molar-refractivity contribution is -0.135. The van der Waals surface area contributed by atoms with Gasteiger partial charge >= 0.3 is 0 Å². The molecule has 2 atom stereocenters. The molecule has 100 valence electrons. The van der Waals surface area contributed by atoms with E-state index >= 15 is 0 Å². The summed E-state index contributed by atoms with van der Waals surface area (Å²) in [6, 6.07) is -0.340. The lowest BCUT2D eigenvalue weighted by Crippen LogP contribution is -2.50. The average Bonchev–Trinajstić information content (AvgIpc) is 2.26. The van der Waals surface area contributed by atoms with Gasteiger partial charge in [0.2, 0.25) is 5.91 Å². The molecule has 0 aromatic carbocycles. The molecule has 1 aliphatic rings. The van der Waals surface area contributed by atoms with Gasteiger partial charge in [-0.3, -0.25) is 4.79 Å². The number of rotatable bonds is 4. The molecule has 0 spiro atoms. The van der Waals surface area contributed by atoms with E-state index in [1.54, 1.807) is 0 Å². The van der Waals surface area contributed by atoms with Crippen LogP contribution in [0, 0.1) is 11.8 Å². The quantitative estimate of drug-likeness (QED) is 0.791. The smallest absolute Gasteiger partial charge is 0.239 e. The summed E-state index contributed by atoms with van der Waals surface area (Å²) in [5, 5.41) is 0. The summed E-state index contributed by atoms with van der Waals surface area (Å²) in [5.41, 5.74) is 5.94. The van der Waals surface area contributed by atoms with Crippen LogP contribution in [0.3, 0.4) is 0 Å². The van der Waals surface area contributed by atoms with Crippen molar-refractivity contribution in [1.29, 1.82) is 0 Å². The summed E-state index contributed by atoms with van der Waals surface area (Å²) in [6.45, 7) is 6.81. The molecule has 2 N–H and O–H groups in total. The van der Waals surface area contributed by atoms with Gasteiger partial charge in [-0.15, -0.1) is 0 Å². The Hall–Kier alpha value is -0.610. The average molecular weight is 241 g/mol. The van der Waals surface area contributed by atoms with Crippen molar-refractivity contribution in [3.63, 3.8) is 0 Å². The summed E-state index contributed by atoms with van der Waals surface area (Å²) >= 11 is 0. The first-order valence-corrected chi connectivity index (χ1v) is 6.61. The molecule has 0 saturated carbocycles. The highest BCUT2D eigenvalue weighted by Crippen LogP contribution is 2.18. The zero-order valence-electron chi connectivity index (χ0n) is 11.6. The Kier molecular flexibility index (Phi) is 5.40. The summed E-state index contributed by atoms with van der Waals surface area (Å²) in [6.07, 6.45) is 2.33. The van der Waals surface area contributed by atoms with E-state index in [0.717, 1.165) is 26.1 Å². The zero-order chi connectivity index (χ0) is 13.0. The van der Waals surface area contributed by atoms with Crippen LogP contribution in [-0.4, -0.2) is 55.5 Å². The van der Waals surface area contributed by atoms with Crippen molar-refractivity contribution in [3.05, 3.63) is 0 Å². The number of nitrogens with two attached hydrogens (primary N) is 1. The molecule has 0 aromatic rings. The topological polar surface area (TPSA) is 49.6 Å². The Balaban J connectivity index is 2.51. The van der Waals surface area contributed by atoms with Crippen LogP contribution in [0.5, 0.6) is 0 Å². The number of hydrogen-bond donors (Lipinski definition) is 1. The van der Waals surface area contributed by atoms with Crippen LogP contribution >= 0.6 is 0 Å². The first-order valence-electron chi connectivity index (χ1n) is 6.61. The second-order valence-corrected chi connectivity index (χ2v) is 5.82. The largest absolute Gasteiger partial charge is 0.341 e. The van der Waals surface area contributed by atoms with E-state index in [4.69, 9.17) is 5.73 Å². The van der Waals surface area contributed by atoms with Gasteiger partial charge in [0, 0.05) is 19.6 Å². The molecule has 1 saturated heterocycles. The van der Waals surface area contributed by atoms with E-state index in [1.165, 1.54) is 6.42 Å². The second kappa shape index (κ2) is 6.36. The molecule has 0 aliphatic carbocycles. The van der Waals surface area contributed by atoms with Crippen molar-refractivity contribution in [2.75, 3.05) is 33.7 Å².